The number of fused-ring (bicyclic) bond motifs is 2. The Hall–Kier alpha value is -2.90. The number of para-hydroxylation sites is 1. The topological polar surface area (TPSA) is 87.2 Å². The van der Waals surface area contributed by atoms with Crippen LogP contribution in [0.25, 0.3) is 0 Å². The van der Waals surface area contributed by atoms with Crippen molar-refractivity contribution in [3.05, 3.63) is 29.8 Å². The summed E-state index contributed by atoms with van der Waals surface area (Å²) in [5.74, 6) is -0.892. The molecule has 0 saturated carbocycles. The van der Waals surface area contributed by atoms with E-state index in [1.165, 1.54) is 4.90 Å². The van der Waals surface area contributed by atoms with Gasteiger partial charge in [0.15, 0.2) is 0 Å². The van der Waals surface area contributed by atoms with Gasteiger partial charge in [0.1, 0.15) is 12.1 Å². The van der Waals surface area contributed by atoms with Gasteiger partial charge in [-0.15, -0.1) is 0 Å². The van der Waals surface area contributed by atoms with Crippen LogP contribution in [0.15, 0.2) is 24.3 Å². The zero-order valence-corrected chi connectivity index (χ0v) is 18.8. The first-order valence-corrected chi connectivity index (χ1v) is 11.6. The number of carbonyl (C=O) groups is 4. The SMILES string of the molecule is CCOC(=O)C1CCN(C(=O)[C@H](C)N2C(=O)[C@@H]3CCCCN3C(=O)c3ccccc32)CC1. The number of hydrogen-bond donors (Lipinski definition) is 0. The summed E-state index contributed by atoms with van der Waals surface area (Å²) in [5.41, 5.74) is 0.963. The van der Waals surface area contributed by atoms with E-state index in [4.69, 9.17) is 4.74 Å². The third-order valence-electron chi connectivity index (χ3n) is 6.85. The molecule has 172 valence electrons. The summed E-state index contributed by atoms with van der Waals surface area (Å²) in [4.78, 5) is 57.2. The molecule has 3 aliphatic rings. The van der Waals surface area contributed by atoms with Crippen LogP contribution in [0.1, 0.15) is 56.3 Å². The summed E-state index contributed by atoms with van der Waals surface area (Å²) in [6, 6.07) is 5.79. The standard InChI is InChI=1S/C24H31N3O5/c1-3-32-24(31)17-11-14-25(15-12-17)21(28)16(2)27-19-9-5-4-8-18(19)22(29)26-13-7-6-10-20(26)23(27)30/h4-5,8-9,16-17,20H,3,6-7,10-15H2,1-2H3/t16-,20-/m0/s1. The first kappa shape index (κ1) is 22.3. The number of ether oxygens (including phenoxy) is 1. The highest BCUT2D eigenvalue weighted by molar-refractivity contribution is 6.13. The number of hydrogen-bond acceptors (Lipinski definition) is 5. The van der Waals surface area contributed by atoms with Crippen molar-refractivity contribution >= 4 is 29.4 Å². The van der Waals surface area contributed by atoms with Gasteiger partial charge in [-0.3, -0.25) is 24.1 Å². The second kappa shape index (κ2) is 9.30. The van der Waals surface area contributed by atoms with E-state index >= 15 is 0 Å². The van der Waals surface area contributed by atoms with E-state index in [-0.39, 0.29) is 29.6 Å². The third kappa shape index (κ3) is 3.98. The second-order valence-electron chi connectivity index (χ2n) is 8.76. The Labute approximate surface area is 188 Å². The van der Waals surface area contributed by atoms with Crippen LogP contribution in [0, 0.1) is 5.92 Å². The van der Waals surface area contributed by atoms with Crippen molar-refractivity contribution in [2.45, 2.75) is 58.0 Å². The molecule has 0 unspecified atom stereocenters. The number of piperidine rings is 2. The minimum atomic E-state index is -0.738. The molecule has 3 heterocycles. The lowest BCUT2D eigenvalue weighted by atomic mass is 9.96. The van der Waals surface area contributed by atoms with Crippen molar-refractivity contribution in [3.8, 4) is 0 Å². The Morgan fingerprint density at radius 1 is 1.06 bits per heavy atom. The molecule has 2 fully saturated rings. The number of rotatable bonds is 4. The fourth-order valence-electron chi connectivity index (χ4n) is 5.10. The van der Waals surface area contributed by atoms with Gasteiger partial charge in [0.05, 0.1) is 23.8 Å². The van der Waals surface area contributed by atoms with Gasteiger partial charge in [0, 0.05) is 19.6 Å². The van der Waals surface area contributed by atoms with Crippen molar-refractivity contribution in [3.63, 3.8) is 0 Å². The van der Waals surface area contributed by atoms with Crippen molar-refractivity contribution in [2.24, 2.45) is 5.92 Å². The Balaban J connectivity index is 1.57. The molecule has 0 spiro atoms. The average Bonchev–Trinajstić information content (AvgIpc) is 2.92. The molecule has 0 N–H and O–H groups in total. The molecule has 1 aromatic carbocycles. The summed E-state index contributed by atoms with van der Waals surface area (Å²) >= 11 is 0. The summed E-state index contributed by atoms with van der Waals surface area (Å²) < 4.78 is 5.12. The number of benzene rings is 1. The number of nitrogens with zero attached hydrogens (tertiary/aromatic N) is 3. The highest BCUT2D eigenvalue weighted by atomic mass is 16.5. The molecular formula is C24H31N3O5. The van der Waals surface area contributed by atoms with Gasteiger partial charge in [0.2, 0.25) is 5.91 Å². The van der Waals surface area contributed by atoms with E-state index in [0.717, 1.165) is 12.8 Å². The highest BCUT2D eigenvalue weighted by Crippen LogP contribution is 2.33. The van der Waals surface area contributed by atoms with E-state index in [9.17, 15) is 19.2 Å². The van der Waals surface area contributed by atoms with Gasteiger partial charge in [0.25, 0.3) is 11.8 Å². The number of esters is 1. The highest BCUT2D eigenvalue weighted by Gasteiger charge is 2.44. The number of likely N-dealkylation sites (tertiary alicyclic amines) is 1. The predicted octanol–water partition coefficient (Wildman–Crippen LogP) is 2.22. The van der Waals surface area contributed by atoms with Crippen LogP contribution in [-0.4, -0.2) is 71.8 Å². The summed E-state index contributed by atoms with van der Waals surface area (Å²) in [5, 5.41) is 0. The van der Waals surface area contributed by atoms with Crippen LogP contribution in [-0.2, 0) is 19.1 Å². The van der Waals surface area contributed by atoms with Crippen LogP contribution in [0.2, 0.25) is 0 Å². The molecule has 8 heteroatoms. The zero-order chi connectivity index (χ0) is 22.8. The van der Waals surface area contributed by atoms with Gasteiger partial charge >= 0.3 is 5.97 Å². The largest absolute Gasteiger partial charge is 0.466 e. The third-order valence-corrected chi connectivity index (χ3v) is 6.85. The zero-order valence-electron chi connectivity index (χ0n) is 18.8. The normalized spacial score (nSPS) is 22.7. The van der Waals surface area contributed by atoms with Crippen LogP contribution in [0.3, 0.4) is 0 Å². The van der Waals surface area contributed by atoms with Crippen molar-refractivity contribution in [1.29, 1.82) is 0 Å². The first-order chi connectivity index (χ1) is 15.4. The molecule has 0 aromatic heterocycles. The van der Waals surface area contributed by atoms with Crippen LogP contribution < -0.4 is 4.90 Å². The average molecular weight is 442 g/mol. The summed E-state index contributed by atoms with van der Waals surface area (Å²) in [7, 11) is 0. The van der Waals surface area contributed by atoms with Crippen LogP contribution in [0.5, 0.6) is 0 Å². The molecule has 3 aliphatic heterocycles. The van der Waals surface area contributed by atoms with Gasteiger partial charge in [-0.25, -0.2) is 0 Å². The maximum Gasteiger partial charge on any atom is 0.309 e. The molecule has 2 saturated heterocycles. The second-order valence-corrected chi connectivity index (χ2v) is 8.76. The Kier molecular flexibility index (Phi) is 6.48. The number of carbonyl (C=O) groups excluding carboxylic acids is 4. The molecule has 1 aromatic rings. The quantitative estimate of drug-likeness (QED) is 0.669. The molecule has 2 atom stereocenters. The lowest BCUT2D eigenvalue weighted by Crippen LogP contribution is -2.56. The number of amides is 3. The van der Waals surface area contributed by atoms with Gasteiger partial charge in [-0.1, -0.05) is 12.1 Å². The molecule has 8 nitrogen and oxygen atoms in total. The van der Waals surface area contributed by atoms with E-state index in [2.05, 4.69) is 0 Å². The van der Waals surface area contributed by atoms with Crippen molar-refractivity contribution < 1.29 is 23.9 Å². The Morgan fingerprint density at radius 2 is 1.78 bits per heavy atom. The first-order valence-electron chi connectivity index (χ1n) is 11.6. The van der Waals surface area contributed by atoms with E-state index in [0.29, 0.717) is 56.8 Å². The minimum Gasteiger partial charge on any atom is -0.466 e. The molecule has 4 rings (SSSR count). The molecule has 0 radical (unpaired) electrons. The molecule has 32 heavy (non-hydrogen) atoms. The Bertz CT molecular complexity index is 909. The maximum absolute atomic E-state index is 13.6. The molecule has 3 amide bonds. The van der Waals surface area contributed by atoms with E-state index in [1.54, 1.807) is 47.9 Å². The van der Waals surface area contributed by atoms with Crippen molar-refractivity contribution in [1.82, 2.24) is 9.80 Å². The molecular weight excluding hydrogens is 410 g/mol. The molecule has 0 aliphatic carbocycles. The van der Waals surface area contributed by atoms with Crippen molar-refractivity contribution in [2.75, 3.05) is 31.1 Å². The fraction of sp³-hybridized carbons (Fsp3) is 0.583. The lowest BCUT2D eigenvalue weighted by Gasteiger charge is -2.38. The van der Waals surface area contributed by atoms with Crippen LogP contribution in [0.4, 0.5) is 5.69 Å². The van der Waals surface area contributed by atoms with Gasteiger partial charge < -0.3 is 14.5 Å². The van der Waals surface area contributed by atoms with Gasteiger partial charge in [-0.05, 0) is 58.1 Å². The van der Waals surface area contributed by atoms with Crippen LogP contribution >= 0.6 is 0 Å². The summed E-state index contributed by atoms with van der Waals surface area (Å²) in [6.07, 6.45) is 3.48. The smallest absolute Gasteiger partial charge is 0.309 e. The predicted molar refractivity (Wildman–Crippen MR) is 118 cm³/mol. The Morgan fingerprint density at radius 3 is 2.50 bits per heavy atom. The number of anilines is 1. The summed E-state index contributed by atoms with van der Waals surface area (Å²) in [6.45, 7) is 5.32. The van der Waals surface area contributed by atoms with Gasteiger partial charge in [-0.2, -0.15) is 0 Å². The monoisotopic (exact) mass is 441 g/mol. The molecule has 0 bridgehead atoms. The van der Waals surface area contributed by atoms with E-state index < -0.39 is 12.1 Å². The lowest BCUT2D eigenvalue weighted by molar-refractivity contribution is -0.151. The fourth-order valence-corrected chi connectivity index (χ4v) is 5.10. The minimum absolute atomic E-state index is 0.143. The van der Waals surface area contributed by atoms with E-state index in [1.807, 2.05) is 0 Å². The maximum atomic E-state index is 13.6.